The zero-order valence-electron chi connectivity index (χ0n) is 8.71. The van der Waals surface area contributed by atoms with Crippen LogP contribution in [0.3, 0.4) is 0 Å². The molecule has 0 spiro atoms. The second-order valence-electron chi connectivity index (χ2n) is 3.06. The van der Waals surface area contributed by atoms with E-state index in [1.165, 1.54) is 0 Å². The lowest BCUT2D eigenvalue weighted by Crippen LogP contribution is -2.27. The number of ether oxygens (including phenoxy) is 1. The average Bonchev–Trinajstić information content (AvgIpc) is 2.29. The number of alkyl halides is 1. The van der Waals surface area contributed by atoms with Crippen LogP contribution in [0, 0.1) is 0 Å². The number of nitrogens with one attached hydrogen (secondary N) is 1. The van der Waals surface area contributed by atoms with Crippen LogP contribution < -0.4 is 5.32 Å². The van der Waals surface area contributed by atoms with E-state index in [0.717, 1.165) is 5.33 Å². The quantitative estimate of drug-likeness (QED) is 0.648. The van der Waals surface area contributed by atoms with Gasteiger partial charge in [-0.15, -0.1) is 0 Å². The average molecular weight is 307 g/mol. The number of hydrogen-bond acceptors (Lipinski definition) is 2. The van der Waals surface area contributed by atoms with E-state index in [-0.39, 0.29) is 5.91 Å². The van der Waals surface area contributed by atoms with Gasteiger partial charge in [0.1, 0.15) is 0 Å². The number of halogens is 2. The molecule has 0 saturated carbocycles. The van der Waals surface area contributed by atoms with Gasteiger partial charge in [-0.05, 0) is 24.3 Å². The topological polar surface area (TPSA) is 38.3 Å². The molecule has 0 aromatic heterocycles. The van der Waals surface area contributed by atoms with Gasteiger partial charge in [0.05, 0.1) is 13.2 Å². The van der Waals surface area contributed by atoms with Crippen molar-refractivity contribution in [3.63, 3.8) is 0 Å². The second kappa shape index (κ2) is 7.65. The highest BCUT2D eigenvalue weighted by molar-refractivity contribution is 9.09. The molecule has 0 unspecified atom stereocenters. The van der Waals surface area contributed by atoms with E-state index in [2.05, 4.69) is 21.2 Å². The Morgan fingerprint density at radius 1 is 1.31 bits per heavy atom. The summed E-state index contributed by atoms with van der Waals surface area (Å²) in [4.78, 5) is 11.6. The molecule has 5 heteroatoms. The first-order valence-electron chi connectivity index (χ1n) is 4.91. The summed E-state index contributed by atoms with van der Waals surface area (Å²) in [7, 11) is 0. The zero-order valence-corrected chi connectivity index (χ0v) is 11.1. The van der Waals surface area contributed by atoms with Gasteiger partial charge in [0.15, 0.2) is 0 Å². The van der Waals surface area contributed by atoms with Gasteiger partial charge in [-0.3, -0.25) is 4.79 Å². The predicted octanol–water partition coefficient (Wildman–Crippen LogP) is 2.48. The number of hydrogen-bond donors (Lipinski definition) is 1. The van der Waals surface area contributed by atoms with E-state index in [1.807, 2.05) is 0 Å². The summed E-state index contributed by atoms with van der Waals surface area (Å²) >= 11 is 8.97. The van der Waals surface area contributed by atoms with Gasteiger partial charge >= 0.3 is 0 Å². The molecule has 88 valence electrons. The molecule has 1 aromatic carbocycles. The first kappa shape index (κ1) is 13.5. The molecule has 0 heterocycles. The van der Waals surface area contributed by atoms with Crippen LogP contribution in [0.2, 0.25) is 5.02 Å². The summed E-state index contributed by atoms with van der Waals surface area (Å²) in [5.74, 6) is -0.112. The summed E-state index contributed by atoms with van der Waals surface area (Å²) in [5, 5.41) is 4.18. The molecular formula is C11H13BrClNO2. The second-order valence-corrected chi connectivity index (χ2v) is 4.29. The van der Waals surface area contributed by atoms with E-state index in [0.29, 0.717) is 30.3 Å². The maximum Gasteiger partial charge on any atom is 0.251 e. The highest BCUT2D eigenvalue weighted by Crippen LogP contribution is 2.09. The van der Waals surface area contributed by atoms with Crippen LogP contribution in [-0.2, 0) is 4.74 Å². The van der Waals surface area contributed by atoms with E-state index in [4.69, 9.17) is 16.3 Å². The monoisotopic (exact) mass is 305 g/mol. The van der Waals surface area contributed by atoms with Gasteiger partial charge in [0.2, 0.25) is 0 Å². The van der Waals surface area contributed by atoms with Crippen LogP contribution in [-0.4, -0.2) is 31.0 Å². The fourth-order valence-electron chi connectivity index (χ4n) is 1.10. The largest absolute Gasteiger partial charge is 0.379 e. The maximum atomic E-state index is 11.6. The summed E-state index contributed by atoms with van der Waals surface area (Å²) in [6.45, 7) is 1.68. The Kier molecular flexibility index (Phi) is 6.45. The van der Waals surface area contributed by atoms with Gasteiger partial charge in [0, 0.05) is 22.5 Å². The molecule has 0 saturated heterocycles. The molecule has 0 aliphatic heterocycles. The Bertz CT molecular complexity index is 329. The first-order valence-corrected chi connectivity index (χ1v) is 6.41. The molecular weight excluding hydrogens is 293 g/mol. The van der Waals surface area contributed by atoms with E-state index in [1.54, 1.807) is 24.3 Å². The van der Waals surface area contributed by atoms with Crippen LogP contribution in [0.25, 0.3) is 0 Å². The molecule has 1 N–H and O–H groups in total. The molecule has 16 heavy (non-hydrogen) atoms. The third kappa shape index (κ3) is 4.96. The Morgan fingerprint density at radius 3 is 2.62 bits per heavy atom. The number of amides is 1. The Morgan fingerprint density at radius 2 is 2.00 bits per heavy atom. The lowest BCUT2D eigenvalue weighted by atomic mass is 10.2. The molecule has 0 radical (unpaired) electrons. The van der Waals surface area contributed by atoms with Gasteiger partial charge in [0.25, 0.3) is 5.91 Å². The fourth-order valence-corrected chi connectivity index (χ4v) is 1.45. The lowest BCUT2D eigenvalue weighted by Gasteiger charge is -2.05. The minimum Gasteiger partial charge on any atom is -0.379 e. The fraction of sp³-hybridized carbons (Fsp3) is 0.364. The lowest BCUT2D eigenvalue weighted by molar-refractivity contribution is 0.0924. The molecule has 3 nitrogen and oxygen atoms in total. The number of benzene rings is 1. The molecule has 0 atom stereocenters. The van der Waals surface area contributed by atoms with E-state index < -0.39 is 0 Å². The summed E-state index contributed by atoms with van der Waals surface area (Å²) in [6.07, 6.45) is 0. The van der Waals surface area contributed by atoms with Crippen LogP contribution in [0.15, 0.2) is 24.3 Å². The molecule has 1 amide bonds. The smallest absolute Gasteiger partial charge is 0.251 e. The van der Waals surface area contributed by atoms with Gasteiger partial charge in [-0.25, -0.2) is 0 Å². The molecule has 0 aliphatic rings. The maximum absolute atomic E-state index is 11.6. The van der Waals surface area contributed by atoms with Crippen molar-refractivity contribution in [2.45, 2.75) is 0 Å². The SMILES string of the molecule is O=C(NCCOCCBr)c1ccc(Cl)cc1. The van der Waals surface area contributed by atoms with Gasteiger partial charge in [-0.2, -0.15) is 0 Å². The Balaban J connectivity index is 2.27. The van der Waals surface area contributed by atoms with Crippen molar-refractivity contribution in [2.75, 3.05) is 25.1 Å². The normalized spacial score (nSPS) is 10.1. The van der Waals surface area contributed by atoms with Crippen LogP contribution in [0.5, 0.6) is 0 Å². The number of carbonyl (C=O) groups excluding carboxylic acids is 1. The first-order chi connectivity index (χ1) is 7.74. The summed E-state index contributed by atoms with van der Waals surface area (Å²) in [6, 6.07) is 6.77. The van der Waals surface area contributed by atoms with Crippen molar-refractivity contribution in [1.29, 1.82) is 0 Å². The van der Waals surface area contributed by atoms with Crippen molar-refractivity contribution in [3.8, 4) is 0 Å². The van der Waals surface area contributed by atoms with Crippen molar-refractivity contribution in [3.05, 3.63) is 34.9 Å². The predicted molar refractivity (Wildman–Crippen MR) is 68.4 cm³/mol. The van der Waals surface area contributed by atoms with Crippen molar-refractivity contribution in [1.82, 2.24) is 5.32 Å². The van der Waals surface area contributed by atoms with Gasteiger partial charge < -0.3 is 10.1 Å². The standard InChI is InChI=1S/C11H13BrClNO2/c12-5-7-16-8-6-14-11(15)9-1-3-10(13)4-2-9/h1-4H,5-8H2,(H,14,15). The van der Waals surface area contributed by atoms with E-state index in [9.17, 15) is 4.79 Å². The molecule has 0 bridgehead atoms. The highest BCUT2D eigenvalue weighted by Gasteiger charge is 2.03. The number of carbonyl (C=O) groups is 1. The molecule has 1 rings (SSSR count). The minimum atomic E-state index is -0.112. The Hall–Kier alpha value is -0.580. The van der Waals surface area contributed by atoms with Crippen LogP contribution >= 0.6 is 27.5 Å². The zero-order chi connectivity index (χ0) is 11.8. The summed E-state index contributed by atoms with van der Waals surface area (Å²) < 4.78 is 5.21. The molecule has 0 aliphatic carbocycles. The van der Waals surface area contributed by atoms with Crippen molar-refractivity contribution in [2.24, 2.45) is 0 Å². The highest BCUT2D eigenvalue weighted by atomic mass is 79.9. The summed E-state index contributed by atoms with van der Waals surface area (Å²) in [5.41, 5.74) is 0.602. The van der Waals surface area contributed by atoms with Crippen molar-refractivity contribution >= 4 is 33.4 Å². The van der Waals surface area contributed by atoms with Gasteiger partial charge in [-0.1, -0.05) is 27.5 Å². The number of rotatable bonds is 6. The molecule has 1 aromatic rings. The minimum absolute atomic E-state index is 0.112. The molecule has 0 fully saturated rings. The van der Waals surface area contributed by atoms with Crippen molar-refractivity contribution < 1.29 is 9.53 Å². The van der Waals surface area contributed by atoms with E-state index >= 15 is 0 Å². The van der Waals surface area contributed by atoms with Crippen LogP contribution in [0.1, 0.15) is 10.4 Å². The third-order valence-electron chi connectivity index (χ3n) is 1.86. The Labute approximate surface area is 108 Å². The van der Waals surface area contributed by atoms with Crippen LogP contribution in [0.4, 0.5) is 0 Å². The third-order valence-corrected chi connectivity index (χ3v) is 2.44.